The van der Waals surface area contributed by atoms with Gasteiger partial charge in [0.25, 0.3) is 5.91 Å². The topological polar surface area (TPSA) is 63.4 Å². The van der Waals surface area contributed by atoms with Crippen molar-refractivity contribution in [1.29, 1.82) is 0 Å². The molecule has 0 heterocycles. The highest BCUT2D eigenvalue weighted by Crippen LogP contribution is 2.24. The molecule has 0 radical (unpaired) electrons. The molecule has 6 heteroatoms. The van der Waals surface area contributed by atoms with E-state index < -0.39 is 5.91 Å². The van der Waals surface area contributed by atoms with Crippen LogP contribution in [0.2, 0.25) is 5.02 Å². The van der Waals surface area contributed by atoms with Crippen molar-refractivity contribution in [2.24, 2.45) is 5.73 Å². The van der Waals surface area contributed by atoms with E-state index in [4.69, 9.17) is 17.3 Å². The molecule has 4 nitrogen and oxygen atoms in total. The first-order valence-electron chi connectivity index (χ1n) is 6.98. The van der Waals surface area contributed by atoms with E-state index in [1.165, 1.54) is 11.8 Å². The van der Waals surface area contributed by atoms with Gasteiger partial charge in [0.05, 0.1) is 11.3 Å². The van der Waals surface area contributed by atoms with Crippen LogP contribution < -0.4 is 5.73 Å². The average molecular weight is 349 g/mol. The van der Waals surface area contributed by atoms with E-state index in [1.807, 2.05) is 30.3 Å². The van der Waals surface area contributed by atoms with E-state index in [9.17, 15) is 9.59 Å². The van der Waals surface area contributed by atoms with Crippen molar-refractivity contribution in [1.82, 2.24) is 4.90 Å². The van der Waals surface area contributed by atoms with Crippen molar-refractivity contribution >= 4 is 35.2 Å². The Morgan fingerprint density at radius 2 is 1.78 bits per heavy atom. The summed E-state index contributed by atoms with van der Waals surface area (Å²) in [4.78, 5) is 26.0. The number of carbonyl (C=O) groups is 2. The van der Waals surface area contributed by atoms with Gasteiger partial charge in [0.2, 0.25) is 5.91 Å². The molecule has 0 aliphatic carbocycles. The third-order valence-corrected chi connectivity index (χ3v) is 4.66. The molecule has 0 fully saturated rings. The molecule has 0 saturated heterocycles. The Labute approximate surface area is 144 Å². The van der Waals surface area contributed by atoms with Crippen molar-refractivity contribution in [3.8, 4) is 0 Å². The maximum absolute atomic E-state index is 12.7. The fourth-order valence-electron chi connectivity index (χ4n) is 2.08. The first kappa shape index (κ1) is 17.4. The summed E-state index contributed by atoms with van der Waals surface area (Å²) in [6.07, 6.45) is 0. The summed E-state index contributed by atoms with van der Waals surface area (Å²) in [6, 6.07) is 14.6. The van der Waals surface area contributed by atoms with Gasteiger partial charge in [0.15, 0.2) is 0 Å². The SMILES string of the molecule is CN(Cc1ccccc1Cl)C(=O)c1ccccc1SCC(N)=O. The predicted octanol–water partition coefficient (Wildman–Crippen LogP) is 3.19. The van der Waals surface area contributed by atoms with Crippen molar-refractivity contribution in [2.45, 2.75) is 11.4 Å². The van der Waals surface area contributed by atoms with Gasteiger partial charge in [-0.15, -0.1) is 11.8 Å². The predicted molar refractivity (Wildman–Crippen MR) is 93.6 cm³/mol. The van der Waals surface area contributed by atoms with Crippen LogP contribution in [-0.4, -0.2) is 29.5 Å². The van der Waals surface area contributed by atoms with Gasteiger partial charge in [0, 0.05) is 23.5 Å². The van der Waals surface area contributed by atoms with E-state index in [2.05, 4.69) is 0 Å². The zero-order valence-electron chi connectivity index (χ0n) is 12.7. The summed E-state index contributed by atoms with van der Waals surface area (Å²) >= 11 is 7.40. The van der Waals surface area contributed by atoms with Gasteiger partial charge in [-0.25, -0.2) is 0 Å². The first-order valence-corrected chi connectivity index (χ1v) is 8.34. The van der Waals surface area contributed by atoms with Crippen LogP contribution in [0.3, 0.4) is 0 Å². The normalized spacial score (nSPS) is 10.3. The highest BCUT2D eigenvalue weighted by Gasteiger charge is 2.17. The standard InChI is InChI=1S/C17H17ClN2O2S/c1-20(10-12-6-2-4-8-14(12)18)17(22)13-7-3-5-9-15(13)23-11-16(19)21/h2-9H,10-11H2,1H3,(H2,19,21). The number of amides is 2. The number of hydrogen-bond donors (Lipinski definition) is 1. The smallest absolute Gasteiger partial charge is 0.255 e. The first-order chi connectivity index (χ1) is 11.0. The van der Waals surface area contributed by atoms with Gasteiger partial charge in [-0.2, -0.15) is 0 Å². The number of hydrogen-bond acceptors (Lipinski definition) is 3. The number of nitrogens with zero attached hydrogens (tertiary/aromatic N) is 1. The number of primary amides is 1. The molecule has 0 unspecified atom stereocenters. The van der Waals surface area contributed by atoms with Gasteiger partial charge in [0.1, 0.15) is 0 Å². The van der Waals surface area contributed by atoms with Crippen LogP contribution in [0.1, 0.15) is 15.9 Å². The second kappa shape index (κ2) is 8.04. The molecule has 2 amide bonds. The van der Waals surface area contributed by atoms with Crippen molar-refractivity contribution in [2.75, 3.05) is 12.8 Å². The Balaban J connectivity index is 2.16. The molecular weight excluding hydrogens is 332 g/mol. The maximum Gasteiger partial charge on any atom is 0.255 e. The van der Waals surface area contributed by atoms with Gasteiger partial charge in [-0.05, 0) is 23.8 Å². The fourth-order valence-corrected chi connectivity index (χ4v) is 3.06. The van der Waals surface area contributed by atoms with Crippen LogP contribution in [0.4, 0.5) is 0 Å². The van der Waals surface area contributed by atoms with E-state index >= 15 is 0 Å². The molecule has 0 bridgehead atoms. The van der Waals surface area contributed by atoms with Crippen LogP contribution >= 0.6 is 23.4 Å². The summed E-state index contributed by atoms with van der Waals surface area (Å²) in [7, 11) is 1.72. The molecule has 0 spiro atoms. The minimum absolute atomic E-state index is 0.127. The Bertz CT molecular complexity index is 721. The van der Waals surface area contributed by atoms with Gasteiger partial charge < -0.3 is 10.6 Å². The third-order valence-electron chi connectivity index (χ3n) is 3.20. The van der Waals surface area contributed by atoms with Crippen LogP contribution in [0.15, 0.2) is 53.4 Å². The summed E-state index contributed by atoms with van der Waals surface area (Å²) in [6.45, 7) is 0.410. The second-order valence-corrected chi connectivity index (χ2v) is 6.43. The number of thioether (sulfide) groups is 1. The molecular formula is C17H17ClN2O2S. The third kappa shape index (κ3) is 4.74. The summed E-state index contributed by atoms with van der Waals surface area (Å²) < 4.78 is 0. The monoisotopic (exact) mass is 348 g/mol. The zero-order chi connectivity index (χ0) is 16.8. The van der Waals surface area contributed by atoms with Crippen LogP contribution in [0.5, 0.6) is 0 Å². The lowest BCUT2D eigenvalue weighted by Crippen LogP contribution is -2.27. The van der Waals surface area contributed by atoms with Crippen LogP contribution in [0.25, 0.3) is 0 Å². The van der Waals surface area contributed by atoms with Crippen molar-refractivity contribution < 1.29 is 9.59 Å². The van der Waals surface area contributed by atoms with Gasteiger partial charge >= 0.3 is 0 Å². The summed E-state index contributed by atoms with van der Waals surface area (Å²) in [5.74, 6) is -0.405. The number of halogens is 1. The highest BCUT2D eigenvalue weighted by molar-refractivity contribution is 8.00. The van der Waals surface area contributed by atoms with E-state index in [1.54, 1.807) is 30.1 Å². The Morgan fingerprint density at radius 1 is 1.13 bits per heavy atom. The molecule has 0 aromatic heterocycles. The van der Waals surface area contributed by atoms with Crippen LogP contribution in [0, 0.1) is 0 Å². The average Bonchev–Trinajstić information content (AvgIpc) is 2.54. The lowest BCUT2D eigenvalue weighted by Gasteiger charge is -2.19. The molecule has 0 aliphatic heterocycles. The maximum atomic E-state index is 12.7. The van der Waals surface area contributed by atoms with Gasteiger partial charge in [-0.1, -0.05) is 41.9 Å². The van der Waals surface area contributed by atoms with Gasteiger partial charge in [-0.3, -0.25) is 9.59 Å². The van der Waals surface area contributed by atoms with E-state index in [-0.39, 0.29) is 11.7 Å². The zero-order valence-corrected chi connectivity index (χ0v) is 14.2. The molecule has 2 N–H and O–H groups in total. The summed E-state index contributed by atoms with van der Waals surface area (Å²) in [5, 5.41) is 0.628. The number of carbonyl (C=O) groups excluding carboxylic acids is 2. The lowest BCUT2D eigenvalue weighted by atomic mass is 10.1. The minimum atomic E-state index is -0.415. The Hall–Kier alpha value is -1.98. The summed E-state index contributed by atoms with van der Waals surface area (Å²) in [5.41, 5.74) is 6.61. The van der Waals surface area contributed by atoms with E-state index in [0.29, 0.717) is 17.1 Å². The number of nitrogens with two attached hydrogens (primary N) is 1. The second-order valence-electron chi connectivity index (χ2n) is 5.00. The minimum Gasteiger partial charge on any atom is -0.369 e. The fraction of sp³-hybridized carbons (Fsp3) is 0.176. The highest BCUT2D eigenvalue weighted by atomic mass is 35.5. The lowest BCUT2D eigenvalue weighted by molar-refractivity contribution is -0.115. The Kier molecular flexibility index (Phi) is 6.07. The molecule has 2 aromatic rings. The number of benzene rings is 2. The molecule has 0 atom stereocenters. The molecule has 120 valence electrons. The molecule has 0 saturated carbocycles. The molecule has 2 rings (SSSR count). The Morgan fingerprint density at radius 3 is 2.48 bits per heavy atom. The van der Waals surface area contributed by atoms with Crippen LogP contribution in [-0.2, 0) is 11.3 Å². The van der Waals surface area contributed by atoms with Crippen molar-refractivity contribution in [3.05, 3.63) is 64.7 Å². The van der Waals surface area contributed by atoms with Crippen molar-refractivity contribution in [3.63, 3.8) is 0 Å². The number of rotatable bonds is 6. The van der Waals surface area contributed by atoms with E-state index in [0.717, 1.165) is 10.5 Å². The molecule has 0 aliphatic rings. The molecule has 2 aromatic carbocycles. The quantitative estimate of drug-likeness (QED) is 0.815. The largest absolute Gasteiger partial charge is 0.369 e. The molecule has 23 heavy (non-hydrogen) atoms.